The van der Waals surface area contributed by atoms with E-state index in [9.17, 15) is 4.79 Å². The van der Waals surface area contributed by atoms with Crippen LogP contribution in [-0.2, 0) is 0 Å². The van der Waals surface area contributed by atoms with E-state index in [2.05, 4.69) is 18.8 Å². The Kier molecular flexibility index (Phi) is 3.97. The number of pyridine rings is 1. The molecule has 0 N–H and O–H groups in total. The van der Waals surface area contributed by atoms with Crippen molar-refractivity contribution < 1.29 is 4.79 Å². The Labute approximate surface area is 132 Å². The summed E-state index contributed by atoms with van der Waals surface area (Å²) in [5.41, 5.74) is 3.52. The van der Waals surface area contributed by atoms with Crippen molar-refractivity contribution in [1.82, 2.24) is 9.88 Å². The number of nitrogens with zero attached hydrogens (tertiary/aromatic N) is 2. The molecule has 3 rings (SSSR count). The van der Waals surface area contributed by atoms with Gasteiger partial charge in [0.2, 0.25) is 0 Å². The third kappa shape index (κ3) is 2.89. The van der Waals surface area contributed by atoms with E-state index in [1.807, 2.05) is 54.3 Å². The fourth-order valence-corrected chi connectivity index (χ4v) is 2.87. The van der Waals surface area contributed by atoms with Gasteiger partial charge in [0.05, 0.1) is 17.0 Å². The largest absolute Gasteiger partial charge is 0.333 e. The first-order valence-electron chi connectivity index (χ1n) is 7.93. The molecule has 1 saturated carbocycles. The van der Waals surface area contributed by atoms with E-state index in [0.29, 0.717) is 6.04 Å². The molecule has 1 aliphatic carbocycles. The zero-order valence-corrected chi connectivity index (χ0v) is 13.4. The quantitative estimate of drug-likeness (QED) is 0.851. The molecule has 0 radical (unpaired) electrons. The van der Waals surface area contributed by atoms with E-state index in [0.717, 1.165) is 35.4 Å². The van der Waals surface area contributed by atoms with Crippen LogP contribution in [0.25, 0.3) is 11.3 Å². The smallest absolute Gasteiger partial charge is 0.256 e. The molecular formula is C19H22N2O. The Morgan fingerprint density at radius 1 is 1.14 bits per heavy atom. The Bertz CT molecular complexity index is 673. The highest BCUT2D eigenvalue weighted by Gasteiger charge is 2.35. The summed E-state index contributed by atoms with van der Waals surface area (Å²) in [4.78, 5) is 19.5. The van der Waals surface area contributed by atoms with Crippen molar-refractivity contribution in [3.8, 4) is 11.3 Å². The molecule has 0 saturated heterocycles. The van der Waals surface area contributed by atoms with Crippen molar-refractivity contribution in [3.05, 3.63) is 53.7 Å². The van der Waals surface area contributed by atoms with E-state index >= 15 is 0 Å². The molecule has 0 bridgehead atoms. The minimum atomic E-state index is 0.113. The number of aryl methyl sites for hydroxylation is 1. The molecule has 1 aromatic heterocycles. The van der Waals surface area contributed by atoms with Gasteiger partial charge in [0.1, 0.15) is 0 Å². The second kappa shape index (κ2) is 5.91. The molecule has 3 heteroatoms. The van der Waals surface area contributed by atoms with Crippen LogP contribution in [0.1, 0.15) is 42.7 Å². The van der Waals surface area contributed by atoms with Crippen LogP contribution in [-0.4, -0.2) is 27.9 Å². The lowest BCUT2D eigenvalue weighted by atomic mass is 10.1. The highest BCUT2D eigenvalue weighted by molar-refractivity contribution is 5.96. The van der Waals surface area contributed by atoms with Crippen molar-refractivity contribution in [2.45, 2.75) is 45.7 Å². The second-order valence-corrected chi connectivity index (χ2v) is 6.23. The maximum atomic E-state index is 12.8. The fraction of sp³-hybridized carbons (Fsp3) is 0.368. The molecule has 114 valence electrons. The maximum absolute atomic E-state index is 12.8. The lowest BCUT2D eigenvalue weighted by Crippen LogP contribution is -2.39. The standard InChI is InChI=1S/C19H22N2O/c1-13(2)21(16-9-10-16)19(22)17-11-12-18(20-14(17)3)15-7-5-4-6-8-15/h4-8,11-13,16H,9-10H2,1-3H3. The molecule has 1 amide bonds. The third-order valence-corrected chi connectivity index (χ3v) is 4.12. The first-order chi connectivity index (χ1) is 10.6. The van der Waals surface area contributed by atoms with E-state index < -0.39 is 0 Å². The molecule has 22 heavy (non-hydrogen) atoms. The van der Waals surface area contributed by atoms with E-state index in [4.69, 9.17) is 0 Å². The molecule has 1 aromatic carbocycles. The molecule has 1 heterocycles. The maximum Gasteiger partial charge on any atom is 0.256 e. The molecule has 2 aromatic rings. The van der Waals surface area contributed by atoms with Gasteiger partial charge in [-0.05, 0) is 45.7 Å². The molecule has 0 unspecified atom stereocenters. The SMILES string of the molecule is Cc1nc(-c2ccccc2)ccc1C(=O)N(C(C)C)C1CC1. The Balaban J connectivity index is 1.90. The topological polar surface area (TPSA) is 33.2 Å². The molecule has 0 aliphatic heterocycles. The Hall–Kier alpha value is -2.16. The number of carbonyl (C=O) groups is 1. The Morgan fingerprint density at radius 3 is 2.36 bits per heavy atom. The fourth-order valence-electron chi connectivity index (χ4n) is 2.87. The summed E-state index contributed by atoms with van der Waals surface area (Å²) in [5, 5.41) is 0. The zero-order chi connectivity index (χ0) is 15.7. The zero-order valence-electron chi connectivity index (χ0n) is 13.4. The van der Waals surface area contributed by atoms with Crippen LogP contribution in [0.15, 0.2) is 42.5 Å². The van der Waals surface area contributed by atoms with Crippen LogP contribution in [0.2, 0.25) is 0 Å². The normalized spacial score (nSPS) is 14.2. The monoisotopic (exact) mass is 294 g/mol. The highest BCUT2D eigenvalue weighted by atomic mass is 16.2. The molecular weight excluding hydrogens is 272 g/mol. The highest BCUT2D eigenvalue weighted by Crippen LogP contribution is 2.30. The van der Waals surface area contributed by atoms with E-state index in [-0.39, 0.29) is 11.9 Å². The Morgan fingerprint density at radius 2 is 1.82 bits per heavy atom. The lowest BCUT2D eigenvalue weighted by Gasteiger charge is -2.27. The number of hydrogen-bond acceptors (Lipinski definition) is 2. The summed E-state index contributed by atoms with van der Waals surface area (Å²) in [6.07, 6.45) is 2.25. The van der Waals surface area contributed by atoms with Crippen LogP contribution in [0.3, 0.4) is 0 Å². The van der Waals surface area contributed by atoms with Gasteiger partial charge in [-0.15, -0.1) is 0 Å². The van der Waals surface area contributed by atoms with Crippen LogP contribution >= 0.6 is 0 Å². The lowest BCUT2D eigenvalue weighted by molar-refractivity contribution is 0.0689. The molecule has 0 atom stereocenters. The van der Waals surface area contributed by atoms with Crippen molar-refractivity contribution >= 4 is 5.91 Å². The van der Waals surface area contributed by atoms with Crippen LogP contribution in [0.5, 0.6) is 0 Å². The van der Waals surface area contributed by atoms with Gasteiger partial charge in [0.15, 0.2) is 0 Å². The summed E-state index contributed by atoms with van der Waals surface area (Å²) in [6, 6.07) is 14.6. The number of benzene rings is 1. The van der Waals surface area contributed by atoms with Gasteiger partial charge in [-0.25, -0.2) is 0 Å². The number of aromatic nitrogens is 1. The van der Waals surface area contributed by atoms with Crippen molar-refractivity contribution in [2.75, 3.05) is 0 Å². The van der Waals surface area contributed by atoms with E-state index in [1.165, 1.54) is 0 Å². The van der Waals surface area contributed by atoms with E-state index in [1.54, 1.807) is 0 Å². The van der Waals surface area contributed by atoms with Gasteiger partial charge in [0, 0.05) is 17.6 Å². The van der Waals surface area contributed by atoms with Crippen molar-refractivity contribution in [2.24, 2.45) is 0 Å². The van der Waals surface area contributed by atoms with Crippen LogP contribution in [0, 0.1) is 6.92 Å². The van der Waals surface area contributed by atoms with Gasteiger partial charge in [-0.3, -0.25) is 9.78 Å². The number of amides is 1. The molecule has 0 spiro atoms. The molecule has 1 fully saturated rings. The van der Waals surface area contributed by atoms with Crippen molar-refractivity contribution in [3.63, 3.8) is 0 Å². The minimum absolute atomic E-state index is 0.113. The first kappa shape index (κ1) is 14.8. The summed E-state index contributed by atoms with van der Waals surface area (Å²) in [5.74, 6) is 0.113. The predicted octanol–water partition coefficient (Wildman–Crippen LogP) is 4.07. The van der Waals surface area contributed by atoms with Crippen LogP contribution < -0.4 is 0 Å². The minimum Gasteiger partial charge on any atom is -0.333 e. The van der Waals surface area contributed by atoms with Gasteiger partial charge in [-0.1, -0.05) is 30.3 Å². The number of hydrogen-bond donors (Lipinski definition) is 0. The average molecular weight is 294 g/mol. The summed E-state index contributed by atoms with van der Waals surface area (Å²) in [6.45, 7) is 6.08. The van der Waals surface area contributed by atoms with Crippen LogP contribution in [0.4, 0.5) is 0 Å². The first-order valence-corrected chi connectivity index (χ1v) is 7.93. The van der Waals surface area contributed by atoms with Gasteiger partial charge < -0.3 is 4.90 Å². The summed E-state index contributed by atoms with van der Waals surface area (Å²) >= 11 is 0. The average Bonchev–Trinajstić information content (AvgIpc) is 3.32. The number of carbonyl (C=O) groups excluding carboxylic acids is 1. The third-order valence-electron chi connectivity index (χ3n) is 4.12. The van der Waals surface area contributed by atoms with Gasteiger partial charge in [-0.2, -0.15) is 0 Å². The van der Waals surface area contributed by atoms with Gasteiger partial charge in [0.25, 0.3) is 5.91 Å². The summed E-state index contributed by atoms with van der Waals surface area (Å²) in [7, 11) is 0. The number of rotatable bonds is 4. The van der Waals surface area contributed by atoms with Gasteiger partial charge >= 0.3 is 0 Å². The predicted molar refractivity (Wildman–Crippen MR) is 88.7 cm³/mol. The summed E-state index contributed by atoms with van der Waals surface area (Å²) < 4.78 is 0. The second-order valence-electron chi connectivity index (χ2n) is 6.23. The van der Waals surface area contributed by atoms with Crippen molar-refractivity contribution in [1.29, 1.82) is 0 Å². The molecule has 1 aliphatic rings. The molecule has 3 nitrogen and oxygen atoms in total.